The predicted molar refractivity (Wildman–Crippen MR) is 94.1 cm³/mol. The minimum Gasteiger partial charge on any atom is -0.481 e. The van der Waals surface area contributed by atoms with E-state index in [1.54, 1.807) is 34.1 Å². The Morgan fingerprint density at radius 2 is 2.08 bits per heavy atom. The van der Waals surface area contributed by atoms with Gasteiger partial charge in [-0.3, -0.25) is 14.5 Å². The Morgan fingerprint density at radius 3 is 2.73 bits per heavy atom. The molecule has 4 rings (SSSR count). The molecule has 0 bridgehead atoms. The number of nitrogens with one attached hydrogen (secondary N) is 1. The summed E-state index contributed by atoms with van der Waals surface area (Å²) in [4.78, 5) is 42.0. The molecule has 1 aromatic carbocycles. The largest absolute Gasteiger partial charge is 0.481 e. The number of carboxylic acids is 1. The number of urea groups is 1. The molecule has 3 amide bonds. The van der Waals surface area contributed by atoms with Gasteiger partial charge in [-0.1, -0.05) is 6.07 Å². The van der Waals surface area contributed by atoms with E-state index in [0.717, 1.165) is 0 Å². The summed E-state index contributed by atoms with van der Waals surface area (Å²) in [5, 5.41) is 12.5. The number of rotatable bonds is 3. The summed E-state index contributed by atoms with van der Waals surface area (Å²) in [5.41, 5.74) is 0.283. The molecular formula is C18H22N4O4. The molecule has 0 saturated carbocycles. The van der Waals surface area contributed by atoms with Crippen molar-refractivity contribution in [3.8, 4) is 0 Å². The predicted octanol–water partition coefficient (Wildman–Crippen LogP) is 0.305. The van der Waals surface area contributed by atoms with E-state index in [4.69, 9.17) is 0 Å². The van der Waals surface area contributed by atoms with Crippen LogP contribution in [0.4, 0.5) is 10.5 Å². The van der Waals surface area contributed by atoms with E-state index in [9.17, 15) is 19.5 Å². The van der Waals surface area contributed by atoms with E-state index >= 15 is 0 Å². The molecule has 0 spiro atoms. The number of anilines is 1. The maximum atomic E-state index is 13.0. The monoisotopic (exact) mass is 358 g/mol. The molecule has 0 aliphatic carbocycles. The van der Waals surface area contributed by atoms with Gasteiger partial charge in [-0.25, -0.2) is 4.79 Å². The molecule has 8 heteroatoms. The SMILES string of the molecule is CN1C[C@H]2CN(C(=O)c3cccc(N4CCNC4=O)c3)C[C@@]2(C(=O)O)C1. The minimum absolute atomic E-state index is 0.0542. The van der Waals surface area contributed by atoms with Crippen LogP contribution in [0.15, 0.2) is 24.3 Å². The van der Waals surface area contributed by atoms with Crippen molar-refractivity contribution in [3.63, 3.8) is 0 Å². The Bertz CT molecular complexity index is 782. The van der Waals surface area contributed by atoms with Crippen LogP contribution in [0.5, 0.6) is 0 Å². The lowest BCUT2D eigenvalue weighted by atomic mass is 9.81. The number of likely N-dealkylation sites (tertiary alicyclic amines) is 2. The van der Waals surface area contributed by atoms with Crippen molar-refractivity contribution < 1.29 is 19.5 Å². The van der Waals surface area contributed by atoms with Crippen LogP contribution in [0.25, 0.3) is 0 Å². The smallest absolute Gasteiger partial charge is 0.321 e. The molecule has 26 heavy (non-hydrogen) atoms. The topological polar surface area (TPSA) is 93.2 Å². The quantitative estimate of drug-likeness (QED) is 0.811. The van der Waals surface area contributed by atoms with E-state index in [0.29, 0.717) is 44.0 Å². The lowest BCUT2D eigenvalue weighted by molar-refractivity contribution is -0.148. The molecule has 0 aromatic heterocycles. The van der Waals surface area contributed by atoms with Crippen LogP contribution in [0.1, 0.15) is 10.4 Å². The molecule has 3 aliphatic rings. The first-order valence-corrected chi connectivity index (χ1v) is 8.77. The van der Waals surface area contributed by atoms with Crippen molar-refractivity contribution in [2.45, 2.75) is 0 Å². The number of fused-ring (bicyclic) bond motifs is 1. The zero-order valence-electron chi connectivity index (χ0n) is 14.6. The molecule has 3 saturated heterocycles. The normalized spacial score (nSPS) is 28.3. The number of carboxylic acid groups (broad SMARTS) is 1. The number of hydrogen-bond acceptors (Lipinski definition) is 4. The fraction of sp³-hybridized carbons (Fsp3) is 0.500. The highest BCUT2D eigenvalue weighted by Crippen LogP contribution is 2.42. The van der Waals surface area contributed by atoms with Crippen LogP contribution in [-0.2, 0) is 4.79 Å². The van der Waals surface area contributed by atoms with Crippen molar-refractivity contribution in [2.75, 3.05) is 51.2 Å². The summed E-state index contributed by atoms with van der Waals surface area (Å²) < 4.78 is 0. The summed E-state index contributed by atoms with van der Waals surface area (Å²) in [6.07, 6.45) is 0. The lowest BCUT2D eigenvalue weighted by Crippen LogP contribution is -2.41. The summed E-state index contributed by atoms with van der Waals surface area (Å²) in [5.74, 6) is -1.06. The van der Waals surface area contributed by atoms with Gasteiger partial charge in [0, 0.05) is 56.4 Å². The van der Waals surface area contributed by atoms with Crippen LogP contribution in [0, 0.1) is 11.3 Å². The number of amides is 3. The maximum Gasteiger partial charge on any atom is 0.321 e. The highest BCUT2D eigenvalue weighted by Gasteiger charge is 2.57. The van der Waals surface area contributed by atoms with E-state index in [-0.39, 0.29) is 24.4 Å². The van der Waals surface area contributed by atoms with Crippen molar-refractivity contribution in [1.29, 1.82) is 0 Å². The van der Waals surface area contributed by atoms with E-state index in [1.807, 2.05) is 11.9 Å². The molecule has 2 atom stereocenters. The molecule has 8 nitrogen and oxygen atoms in total. The van der Waals surface area contributed by atoms with Crippen LogP contribution in [-0.4, -0.2) is 79.1 Å². The van der Waals surface area contributed by atoms with Crippen LogP contribution < -0.4 is 10.2 Å². The lowest BCUT2D eigenvalue weighted by Gasteiger charge is -2.24. The van der Waals surface area contributed by atoms with Gasteiger partial charge in [0.15, 0.2) is 0 Å². The van der Waals surface area contributed by atoms with Gasteiger partial charge in [-0.2, -0.15) is 0 Å². The Labute approximate surface area is 151 Å². The van der Waals surface area contributed by atoms with Crippen LogP contribution in [0.3, 0.4) is 0 Å². The molecule has 3 heterocycles. The fourth-order valence-electron chi connectivity index (χ4n) is 4.48. The Kier molecular flexibility index (Phi) is 3.87. The first kappa shape index (κ1) is 16.8. The fourth-order valence-corrected chi connectivity index (χ4v) is 4.48. The second kappa shape index (κ2) is 5.98. The second-order valence-corrected chi connectivity index (χ2v) is 7.47. The highest BCUT2D eigenvalue weighted by atomic mass is 16.4. The third-order valence-corrected chi connectivity index (χ3v) is 5.75. The van der Waals surface area contributed by atoms with E-state index < -0.39 is 11.4 Å². The summed E-state index contributed by atoms with van der Waals surface area (Å²) in [6, 6.07) is 6.81. The molecule has 0 radical (unpaired) electrons. The van der Waals surface area contributed by atoms with Gasteiger partial charge in [-0.15, -0.1) is 0 Å². The molecule has 3 fully saturated rings. The maximum absolute atomic E-state index is 13.0. The number of carbonyl (C=O) groups excluding carboxylic acids is 2. The number of nitrogens with zero attached hydrogens (tertiary/aromatic N) is 3. The number of carbonyl (C=O) groups is 3. The van der Waals surface area contributed by atoms with Crippen LogP contribution >= 0.6 is 0 Å². The van der Waals surface area contributed by atoms with Gasteiger partial charge in [0.05, 0.1) is 0 Å². The van der Waals surface area contributed by atoms with Crippen molar-refractivity contribution in [1.82, 2.24) is 15.1 Å². The van der Waals surface area contributed by atoms with Gasteiger partial charge >= 0.3 is 12.0 Å². The molecule has 0 unspecified atom stereocenters. The van der Waals surface area contributed by atoms with E-state index in [1.165, 1.54) is 0 Å². The molecule has 2 N–H and O–H groups in total. The summed E-state index contributed by atoms with van der Waals surface area (Å²) in [6.45, 7) is 2.97. The summed E-state index contributed by atoms with van der Waals surface area (Å²) in [7, 11) is 1.92. The number of hydrogen-bond donors (Lipinski definition) is 2. The Hall–Kier alpha value is -2.61. The molecular weight excluding hydrogens is 336 g/mol. The molecule has 1 aromatic rings. The molecule has 3 aliphatic heterocycles. The standard InChI is InChI=1S/C18H22N4O4/c1-20-8-13-9-21(11-18(13,10-20)16(24)25)15(23)12-3-2-4-14(7-12)22-6-5-19-17(22)26/h2-4,7,13H,5-6,8-11H2,1H3,(H,19,26)(H,24,25)/t13-,18-/m0/s1. The average Bonchev–Trinajstić information content (AvgIpc) is 3.26. The zero-order valence-corrected chi connectivity index (χ0v) is 14.6. The van der Waals surface area contributed by atoms with E-state index in [2.05, 4.69) is 5.32 Å². The Balaban J connectivity index is 1.56. The minimum atomic E-state index is -0.878. The van der Waals surface area contributed by atoms with Gasteiger partial charge in [0.25, 0.3) is 5.91 Å². The van der Waals surface area contributed by atoms with Gasteiger partial charge in [0.1, 0.15) is 5.41 Å². The summed E-state index contributed by atoms with van der Waals surface area (Å²) >= 11 is 0. The van der Waals surface area contributed by atoms with Crippen molar-refractivity contribution >= 4 is 23.6 Å². The van der Waals surface area contributed by atoms with Gasteiger partial charge in [-0.05, 0) is 25.2 Å². The van der Waals surface area contributed by atoms with Gasteiger partial charge < -0.3 is 20.2 Å². The first-order chi connectivity index (χ1) is 12.4. The first-order valence-electron chi connectivity index (χ1n) is 8.77. The third kappa shape index (κ3) is 2.52. The highest BCUT2D eigenvalue weighted by molar-refractivity contribution is 5.99. The van der Waals surface area contributed by atoms with Crippen molar-refractivity contribution in [3.05, 3.63) is 29.8 Å². The van der Waals surface area contributed by atoms with Crippen LogP contribution in [0.2, 0.25) is 0 Å². The zero-order chi connectivity index (χ0) is 18.5. The van der Waals surface area contributed by atoms with Crippen molar-refractivity contribution in [2.24, 2.45) is 11.3 Å². The average molecular weight is 358 g/mol. The second-order valence-electron chi connectivity index (χ2n) is 7.47. The number of benzene rings is 1. The third-order valence-electron chi connectivity index (χ3n) is 5.75. The molecule has 138 valence electrons. The Morgan fingerprint density at radius 1 is 1.27 bits per heavy atom. The number of aliphatic carboxylic acids is 1. The van der Waals surface area contributed by atoms with Gasteiger partial charge in [0.2, 0.25) is 0 Å².